The van der Waals surface area contributed by atoms with Crippen LogP contribution < -0.4 is 5.32 Å². The Balaban J connectivity index is 3.28. The molecule has 2 atom stereocenters. The van der Waals surface area contributed by atoms with Crippen molar-refractivity contribution in [3.63, 3.8) is 0 Å². The van der Waals surface area contributed by atoms with E-state index >= 15 is 0 Å². The summed E-state index contributed by atoms with van der Waals surface area (Å²) < 4.78 is 5.51. The minimum Gasteiger partial charge on any atom is -0.466 e. The highest BCUT2D eigenvalue weighted by molar-refractivity contribution is 5.76. The summed E-state index contributed by atoms with van der Waals surface area (Å²) >= 11 is 0. The van der Waals surface area contributed by atoms with Crippen molar-refractivity contribution in [2.45, 2.75) is 450 Å². The fourth-order valence-electron chi connectivity index (χ4n) is 12.4. The number of rotatable bonds is 73. The van der Waals surface area contributed by atoms with E-state index in [1.807, 2.05) is 0 Å². The van der Waals surface area contributed by atoms with Crippen molar-refractivity contribution in [2.24, 2.45) is 0 Å². The Morgan fingerprint density at radius 3 is 0.929 bits per heavy atom. The second-order valence-corrected chi connectivity index (χ2v) is 26.7. The van der Waals surface area contributed by atoms with Gasteiger partial charge >= 0.3 is 5.97 Å². The number of aliphatic hydroxyl groups excluding tert-OH is 2. The summed E-state index contributed by atoms with van der Waals surface area (Å²) in [4.78, 5) is 24.6. The highest BCUT2D eigenvalue weighted by atomic mass is 16.5. The Morgan fingerprint density at radius 2 is 0.595 bits per heavy atom. The van der Waals surface area contributed by atoms with Crippen LogP contribution in [0.1, 0.15) is 438 Å². The van der Waals surface area contributed by atoms with Crippen molar-refractivity contribution >= 4 is 11.9 Å². The molecule has 1 amide bonds. The van der Waals surface area contributed by atoms with E-state index in [0.29, 0.717) is 25.9 Å². The first-order valence-corrected chi connectivity index (χ1v) is 38.6. The monoisotopic (exact) mass is 1180 g/mol. The maximum absolute atomic E-state index is 12.5. The van der Waals surface area contributed by atoms with Gasteiger partial charge in [0.1, 0.15) is 0 Å². The van der Waals surface area contributed by atoms with Gasteiger partial charge in [0.05, 0.1) is 25.4 Å². The number of hydrogen-bond donors (Lipinski definition) is 3. The summed E-state index contributed by atoms with van der Waals surface area (Å²) in [5.41, 5.74) is 0. The molecule has 84 heavy (non-hydrogen) atoms. The van der Waals surface area contributed by atoms with Gasteiger partial charge in [-0.05, 0) is 57.8 Å². The molecule has 0 aliphatic heterocycles. The van der Waals surface area contributed by atoms with E-state index in [1.165, 1.54) is 353 Å². The predicted octanol–water partition coefficient (Wildman–Crippen LogP) is 25.3. The Labute approximate surface area is 526 Å². The van der Waals surface area contributed by atoms with Crippen LogP contribution in [0.3, 0.4) is 0 Å². The molecule has 0 bridgehead atoms. The molecule has 0 spiro atoms. The average molecular weight is 1180 g/mol. The van der Waals surface area contributed by atoms with E-state index in [2.05, 4.69) is 43.5 Å². The van der Waals surface area contributed by atoms with E-state index in [4.69, 9.17) is 4.74 Å². The molecule has 0 radical (unpaired) electrons. The minimum atomic E-state index is -0.659. The molecule has 0 fully saturated rings. The predicted molar refractivity (Wildman–Crippen MR) is 370 cm³/mol. The van der Waals surface area contributed by atoms with Crippen molar-refractivity contribution in [3.8, 4) is 0 Å². The molecule has 0 saturated carbocycles. The van der Waals surface area contributed by atoms with Crippen molar-refractivity contribution in [1.82, 2.24) is 5.32 Å². The minimum absolute atomic E-state index is 0.0163. The Kier molecular flexibility index (Phi) is 72.3. The van der Waals surface area contributed by atoms with Gasteiger partial charge in [-0.25, -0.2) is 0 Å². The summed E-state index contributed by atoms with van der Waals surface area (Å²) in [6.07, 6.45) is 94.2. The van der Waals surface area contributed by atoms with Crippen molar-refractivity contribution < 1.29 is 24.5 Å². The molecule has 0 saturated heterocycles. The normalized spacial score (nSPS) is 12.6. The second kappa shape index (κ2) is 73.8. The highest BCUT2D eigenvalue weighted by Crippen LogP contribution is 2.20. The van der Waals surface area contributed by atoms with Gasteiger partial charge in [0, 0.05) is 12.8 Å². The standard InChI is InChI=1S/C78H151NO5/c1-3-5-7-9-11-13-15-17-18-40-44-48-52-56-60-64-68-72-78(83)84-73-69-65-61-57-53-49-45-42-39-37-35-33-31-29-27-25-23-21-19-20-22-24-26-28-30-32-34-36-38-41-43-47-51-55-59-63-67-71-77(82)79-75(74-80)76(81)70-66-62-58-54-50-46-16-14-12-10-8-6-4-2/h11,13,17-18,75-76,80-81H,3-10,12,14-16,19-74H2,1-2H3,(H,79,82)/b13-11-,18-17-. The largest absolute Gasteiger partial charge is 0.466 e. The number of ether oxygens (including phenoxy) is 1. The summed E-state index contributed by atoms with van der Waals surface area (Å²) in [7, 11) is 0. The lowest BCUT2D eigenvalue weighted by Gasteiger charge is -2.22. The number of amides is 1. The molecular formula is C78H151NO5. The molecule has 0 heterocycles. The van der Waals surface area contributed by atoms with Gasteiger partial charge in [-0.1, -0.05) is 391 Å². The number of hydrogen-bond acceptors (Lipinski definition) is 5. The molecule has 3 N–H and O–H groups in total. The van der Waals surface area contributed by atoms with Gasteiger partial charge in [-0.2, -0.15) is 0 Å². The topological polar surface area (TPSA) is 95.9 Å². The molecule has 6 nitrogen and oxygen atoms in total. The van der Waals surface area contributed by atoms with Gasteiger partial charge in [-0.15, -0.1) is 0 Å². The Hall–Kier alpha value is -1.66. The second-order valence-electron chi connectivity index (χ2n) is 26.7. The van der Waals surface area contributed by atoms with Crippen molar-refractivity contribution in [2.75, 3.05) is 13.2 Å². The molecule has 0 aliphatic carbocycles. The fourth-order valence-corrected chi connectivity index (χ4v) is 12.4. The van der Waals surface area contributed by atoms with Gasteiger partial charge in [-0.3, -0.25) is 9.59 Å². The Morgan fingerprint density at radius 1 is 0.333 bits per heavy atom. The number of allylic oxidation sites excluding steroid dienone is 4. The lowest BCUT2D eigenvalue weighted by atomic mass is 10.0. The molecule has 498 valence electrons. The number of unbranched alkanes of at least 4 members (excludes halogenated alkanes) is 58. The zero-order chi connectivity index (χ0) is 60.6. The van der Waals surface area contributed by atoms with Crippen LogP contribution in [-0.2, 0) is 14.3 Å². The molecular weight excluding hydrogens is 1030 g/mol. The van der Waals surface area contributed by atoms with E-state index < -0.39 is 12.1 Å². The smallest absolute Gasteiger partial charge is 0.305 e. The van der Waals surface area contributed by atoms with Crippen LogP contribution in [0.2, 0.25) is 0 Å². The van der Waals surface area contributed by atoms with E-state index in [-0.39, 0.29) is 18.5 Å². The molecule has 0 aliphatic rings. The number of esters is 1. The maximum Gasteiger partial charge on any atom is 0.305 e. The Bertz CT molecular complexity index is 1320. The average Bonchev–Trinajstić information content (AvgIpc) is 3.54. The van der Waals surface area contributed by atoms with Gasteiger partial charge in [0.2, 0.25) is 5.91 Å². The quantitative estimate of drug-likeness (QED) is 0.0320. The number of nitrogens with one attached hydrogen (secondary N) is 1. The third kappa shape index (κ3) is 69.4. The van der Waals surface area contributed by atoms with E-state index in [1.54, 1.807) is 0 Å². The van der Waals surface area contributed by atoms with Gasteiger partial charge < -0.3 is 20.3 Å². The van der Waals surface area contributed by atoms with Crippen molar-refractivity contribution in [1.29, 1.82) is 0 Å². The van der Waals surface area contributed by atoms with Gasteiger partial charge in [0.15, 0.2) is 0 Å². The summed E-state index contributed by atoms with van der Waals surface area (Å²) in [6, 6.07) is -0.536. The SMILES string of the molecule is CCCCC/C=C\C/C=C\CCCCCCCCCC(=O)OCCCCCCCCCCCCCCCCCCCCCCCCCCCCCCCCCCCCCCCC(=O)NC(CO)C(O)CCCCCCCCCCCCCCC. The third-order valence-electron chi connectivity index (χ3n) is 18.3. The lowest BCUT2D eigenvalue weighted by molar-refractivity contribution is -0.143. The van der Waals surface area contributed by atoms with Crippen LogP contribution >= 0.6 is 0 Å². The zero-order valence-corrected chi connectivity index (χ0v) is 57.2. The van der Waals surface area contributed by atoms with E-state index in [9.17, 15) is 19.8 Å². The first kappa shape index (κ1) is 82.3. The van der Waals surface area contributed by atoms with Crippen LogP contribution in [-0.4, -0.2) is 47.4 Å². The molecule has 0 rings (SSSR count). The van der Waals surface area contributed by atoms with Crippen LogP contribution in [0.25, 0.3) is 0 Å². The maximum atomic E-state index is 12.5. The third-order valence-corrected chi connectivity index (χ3v) is 18.3. The lowest BCUT2D eigenvalue weighted by Crippen LogP contribution is -2.45. The highest BCUT2D eigenvalue weighted by Gasteiger charge is 2.20. The zero-order valence-electron chi connectivity index (χ0n) is 57.2. The number of aliphatic hydroxyl groups is 2. The summed E-state index contributed by atoms with van der Waals surface area (Å²) in [6.45, 7) is 4.96. The van der Waals surface area contributed by atoms with Crippen LogP contribution in [0.4, 0.5) is 0 Å². The van der Waals surface area contributed by atoms with Crippen LogP contribution in [0.5, 0.6) is 0 Å². The molecule has 2 unspecified atom stereocenters. The molecule has 0 aromatic carbocycles. The first-order valence-electron chi connectivity index (χ1n) is 38.6. The first-order chi connectivity index (χ1) is 41.5. The number of carbonyl (C=O) groups excluding carboxylic acids is 2. The van der Waals surface area contributed by atoms with Crippen molar-refractivity contribution in [3.05, 3.63) is 24.3 Å². The molecule has 0 aromatic rings. The molecule has 0 aromatic heterocycles. The van der Waals surface area contributed by atoms with Gasteiger partial charge in [0.25, 0.3) is 0 Å². The number of carbonyl (C=O) groups is 2. The fraction of sp³-hybridized carbons (Fsp3) is 0.923. The van der Waals surface area contributed by atoms with E-state index in [0.717, 1.165) is 51.4 Å². The summed E-state index contributed by atoms with van der Waals surface area (Å²) in [5, 5.41) is 23.3. The summed E-state index contributed by atoms with van der Waals surface area (Å²) in [5.74, 6) is -0.0103. The van der Waals surface area contributed by atoms with Crippen LogP contribution in [0, 0.1) is 0 Å². The molecule has 6 heteroatoms. The van der Waals surface area contributed by atoms with Crippen LogP contribution in [0.15, 0.2) is 24.3 Å².